The lowest BCUT2D eigenvalue weighted by Crippen LogP contribution is -2.18. The molecular formula is C31H26N4O8. The molecule has 12 nitrogen and oxygen atoms in total. The number of nitrogens with zero attached hydrogens (tertiary/aromatic N) is 2. The van der Waals surface area contributed by atoms with Crippen molar-refractivity contribution in [2.24, 2.45) is 5.10 Å². The van der Waals surface area contributed by atoms with Crippen molar-refractivity contribution < 1.29 is 33.5 Å². The summed E-state index contributed by atoms with van der Waals surface area (Å²) in [6, 6.07) is 22.7. The first-order chi connectivity index (χ1) is 20.8. The second-order valence-electron chi connectivity index (χ2n) is 8.80. The monoisotopic (exact) mass is 582 g/mol. The largest absolute Gasteiger partial charge is 0.497 e. The Labute approximate surface area is 246 Å². The van der Waals surface area contributed by atoms with E-state index in [1.54, 1.807) is 61.5 Å². The van der Waals surface area contributed by atoms with Crippen molar-refractivity contribution in [3.8, 4) is 17.2 Å². The Kier molecular flexibility index (Phi) is 9.77. The van der Waals surface area contributed by atoms with E-state index < -0.39 is 16.8 Å². The summed E-state index contributed by atoms with van der Waals surface area (Å²) in [4.78, 5) is 48.1. The molecule has 0 bridgehead atoms. The second-order valence-corrected chi connectivity index (χ2v) is 8.80. The minimum absolute atomic E-state index is 0.130. The van der Waals surface area contributed by atoms with Gasteiger partial charge < -0.3 is 19.5 Å². The normalized spacial score (nSPS) is 10.6. The van der Waals surface area contributed by atoms with Gasteiger partial charge >= 0.3 is 5.97 Å². The maximum atomic E-state index is 12.7. The molecule has 2 N–H and O–H groups in total. The van der Waals surface area contributed by atoms with E-state index in [1.165, 1.54) is 49.7 Å². The van der Waals surface area contributed by atoms with Crippen molar-refractivity contribution in [3.05, 3.63) is 123 Å². The van der Waals surface area contributed by atoms with Crippen LogP contribution in [-0.4, -0.2) is 42.6 Å². The van der Waals surface area contributed by atoms with Crippen LogP contribution in [0.4, 0.5) is 11.4 Å². The summed E-state index contributed by atoms with van der Waals surface area (Å²) in [7, 11) is 1.54. The van der Waals surface area contributed by atoms with Gasteiger partial charge in [0, 0.05) is 28.9 Å². The number of ether oxygens (including phenoxy) is 3. The van der Waals surface area contributed by atoms with E-state index >= 15 is 0 Å². The number of amides is 2. The number of hydrogen-bond donors (Lipinski definition) is 2. The Balaban J connectivity index is 1.38. The molecule has 0 aromatic heterocycles. The SMILES string of the molecule is CCOc1cc(C=NNC(=O)c2cccc(NC(=O)c3ccc(OC)cc3)c2)ccc1OC(=O)c1ccc([N+](=O)[O-])cc1. The number of non-ortho nitro benzene ring substituents is 1. The second kappa shape index (κ2) is 14.0. The van der Waals surface area contributed by atoms with Crippen LogP contribution in [0.3, 0.4) is 0 Å². The van der Waals surface area contributed by atoms with Crippen LogP contribution in [-0.2, 0) is 0 Å². The maximum absolute atomic E-state index is 12.7. The third kappa shape index (κ3) is 8.01. The van der Waals surface area contributed by atoms with Crippen molar-refractivity contribution in [2.45, 2.75) is 6.92 Å². The molecule has 0 saturated heterocycles. The summed E-state index contributed by atoms with van der Waals surface area (Å²) in [5, 5.41) is 17.6. The summed E-state index contributed by atoms with van der Waals surface area (Å²) in [5.41, 5.74) is 4.09. The van der Waals surface area contributed by atoms with Gasteiger partial charge in [-0.25, -0.2) is 10.2 Å². The van der Waals surface area contributed by atoms with Gasteiger partial charge in [-0.15, -0.1) is 0 Å². The number of carbonyl (C=O) groups excluding carboxylic acids is 3. The van der Waals surface area contributed by atoms with Crippen LogP contribution in [0.25, 0.3) is 0 Å². The molecule has 218 valence electrons. The highest BCUT2D eigenvalue weighted by Gasteiger charge is 2.15. The summed E-state index contributed by atoms with van der Waals surface area (Å²) in [6.07, 6.45) is 1.39. The molecule has 4 rings (SSSR count). The van der Waals surface area contributed by atoms with Crippen LogP contribution in [0.5, 0.6) is 17.2 Å². The first kappa shape index (κ1) is 29.9. The molecule has 0 fully saturated rings. The van der Waals surface area contributed by atoms with Gasteiger partial charge in [0.1, 0.15) is 5.75 Å². The number of anilines is 1. The smallest absolute Gasteiger partial charge is 0.343 e. The molecular weight excluding hydrogens is 556 g/mol. The van der Waals surface area contributed by atoms with Crippen molar-refractivity contribution in [1.29, 1.82) is 0 Å². The number of rotatable bonds is 11. The molecule has 0 aliphatic rings. The molecule has 0 radical (unpaired) electrons. The van der Waals surface area contributed by atoms with E-state index in [2.05, 4.69) is 15.8 Å². The van der Waals surface area contributed by atoms with E-state index in [9.17, 15) is 24.5 Å². The van der Waals surface area contributed by atoms with Crippen molar-refractivity contribution >= 4 is 35.4 Å². The number of nitro groups is 1. The zero-order chi connectivity index (χ0) is 30.8. The van der Waals surface area contributed by atoms with Crippen LogP contribution >= 0.6 is 0 Å². The molecule has 43 heavy (non-hydrogen) atoms. The lowest BCUT2D eigenvalue weighted by atomic mass is 10.1. The van der Waals surface area contributed by atoms with Gasteiger partial charge in [-0.05, 0) is 85.3 Å². The Morgan fingerprint density at radius 2 is 1.58 bits per heavy atom. The average Bonchev–Trinajstić information content (AvgIpc) is 3.02. The van der Waals surface area contributed by atoms with Gasteiger partial charge in [-0.3, -0.25) is 19.7 Å². The number of esters is 1. The third-order valence-corrected chi connectivity index (χ3v) is 5.90. The van der Waals surface area contributed by atoms with Crippen molar-refractivity contribution in [3.63, 3.8) is 0 Å². The van der Waals surface area contributed by atoms with Crippen LogP contribution in [0.15, 0.2) is 96.1 Å². The van der Waals surface area contributed by atoms with E-state index in [4.69, 9.17) is 14.2 Å². The summed E-state index contributed by atoms with van der Waals surface area (Å²) in [6.45, 7) is 2.04. The maximum Gasteiger partial charge on any atom is 0.343 e. The zero-order valence-electron chi connectivity index (χ0n) is 23.1. The quantitative estimate of drug-likeness (QED) is 0.0799. The van der Waals surface area contributed by atoms with Gasteiger partial charge in [-0.2, -0.15) is 5.10 Å². The van der Waals surface area contributed by atoms with E-state index in [0.29, 0.717) is 22.6 Å². The fraction of sp³-hybridized carbons (Fsp3) is 0.0968. The number of nitro benzene ring substituents is 1. The Hall–Kier alpha value is -6.04. The average molecular weight is 583 g/mol. The van der Waals surface area contributed by atoms with Crippen molar-refractivity contribution in [1.82, 2.24) is 5.43 Å². The molecule has 4 aromatic rings. The first-order valence-electron chi connectivity index (χ1n) is 12.9. The molecule has 12 heteroatoms. The molecule has 4 aromatic carbocycles. The zero-order valence-corrected chi connectivity index (χ0v) is 23.1. The third-order valence-electron chi connectivity index (χ3n) is 5.90. The topological polar surface area (TPSA) is 158 Å². The Bertz CT molecular complexity index is 1670. The first-order valence-corrected chi connectivity index (χ1v) is 12.9. The minimum Gasteiger partial charge on any atom is -0.497 e. The number of nitrogens with one attached hydrogen (secondary N) is 2. The standard InChI is InChI=1S/C31H26N4O8/c1-3-42-28-17-20(7-16-27(28)43-31(38)22-8-12-25(13-9-22)35(39)40)19-32-34-30(37)23-5-4-6-24(18-23)33-29(36)21-10-14-26(41-2)15-11-21/h4-19H,3H2,1-2H3,(H,33,36)(H,34,37). The highest BCUT2D eigenvalue weighted by Crippen LogP contribution is 2.29. The fourth-order valence-electron chi connectivity index (χ4n) is 3.75. The summed E-state index contributed by atoms with van der Waals surface area (Å²) >= 11 is 0. The molecule has 0 aliphatic carbocycles. The molecule has 0 heterocycles. The van der Waals surface area contributed by atoms with E-state index in [0.717, 1.165) is 0 Å². The van der Waals surface area contributed by atoms with E-state index in [1.807, 2.05) is 0 Å². The molecule has 0 unspecified atom stereocenters. The van der Waals surface area contributed by atoms with Crippen LogP contribution in [0.1, 0.15) is 43.6 Å². The molecule has 0 aliphatic heterocycles. The summed E-state index contributed by atoms with van der Waals surface area (Å²) < 4.78 is 16.1. The van der Waals surface area contributed by atoms with Gasteiger partial charge in [0.2, 0.25) is 0 Å². The number of hydrazone groups is 1. The minimum atomic E-state index is -0.716. The van der Waals surface area contributed by atoms with E-state index in [-0.39, 0.29) is 40.8 Å². The fourth-order valence-corrected chi connectivity index (χ4v) is 3.75. The van der Waals surface area contributed by atoms with Gasteiger partial charge in [-0.1, -0.05) is 6.07 Å². The predicted molar refractivity (Wildman–Crippen MR) is 158 cm³/mol. The van der Waals surface area contributed by atoms with Crippen LogP contribution in [0, 0.1) is 10.1 Å². The predicted octanol–water partition coefficient (Wildman–Crippen LogP) is 5.24. The molecule has 0 atom stereocenters. The van der Waals surface area contributed by atoms with Crippen molar-refractivity contribution in [2.75, 3.05) is 19.0 Å². The molecule has 2 amide bonds. The number of methoxy groups -OCH3 is 1. The lowest BCUT2D eigenvalue weighted by molar-refractivity contribution is -0.384. The number of benzene rings is 4. The highest BCUT2D eigenvalue weighted by molar-refractivity contribution is 6.05. The summed E-state index contributed by atoms with van der Waals surface area (Å²) in [5.74, 6) is -0.537. The molecule has 0 spiro atoms. The Morgan fingerprint density at radius 1 is 0.860 bits per heavy atom. The number of hydrogen-bond acceptors (Lipinski definition) is 9. The highest BCUT2D eigenvalue weighted by atomic mass is 16.6. The van der Waals surface area contributed by atoms with Crippen LogP contribution in [0.2, 0.25) is 0 Å². The Morgan fingerprint density at radius 3 is 2.26 bits per heavy atom. The molecule has 0 saturated carbocycles. The van der Waals surface area contributed by atoms with Crippen LogP contribution < -0.4 is 25.0 Å². The van der Waals surface area contributed by atoms with Gasteiger partial charge in [0.05, 0.1) is 30.4 Å². The number of carbonyl (C=O) groups is 3. The van der Waals surface area contributed by atoms with Gasteiger partial charge in [0.15, 0.2) is 11.5 Å². The lowest BCUT2D eigenvalue weighted by Gasteiger charge is -2.11. The van der Waals surface area contributed by atoms with Gasteiger partial charge in [0.25, 0.3) is 17.5 Å².